The van der Waals surface area contributed by atoms with Crippen LogP contribution >= 0.6 is 23.6 Å². The van der Waals surface area contributed by atoms with E-state index in [-0.39, 0.29) is 6.10 Å². The molecule has 1 aliphatic rings. The number of likely N-dealkylation sites (tertiary alicyclic amines) is 1. The molecule has 25 heavy (non-hydrogen) atoms. The second kappa shape index (κ2) is 7.21. The fraction of sp³-hybridized carbons (Fsp3) is 0.333. The van der Waals surface area contributed by atoms with Crippen molar-refractivity contribution in [1.82, 2.24) is 19.2 Å². The molecule has 0 unspecified atom stereocenters. The van der Waals surface area contributed by atoms with Gasteiger partial charge in [0.1, 0.15) is 0 Å². The van der Waals surface area contributed by atoms with E-state index in [4.69, 9.17) is 17.3 Å². The molecule has 4 rings (SSSR count). The monoisotopic (exact) mass is 372 g/mol. The summed E-state index contributed by atoms with van der Waals surface area (Å²) in [4.78, 5) is 3.39. The second-order valence-corrected chi connectivity index (χ2v) is 7.56. The third kappa shape index (κ3) is 3.46. The van der Waals surface area contributed by atoms with Gasteiger partial charge in [-0.3, -0.25) is 9.47 Å². The third-order valence-electron chi connectivity index (χ3n) is 4.49. The Labute approximate surface area is 155 Å². The molecule has 1 saturated heterocycles. The number of thiophene rings is 1. The van der Waals surface area contributed by atoms with Gasteiger partial charge in [0.15, 0.2) is 5.82 Å². The molecule has 1 aromatic carbocycles. The maximum atomic E-state index is 9.70. The van der Waals surface area contributed by atoms with Gasteiger partial charge in [0.05, 0.1) is 17.6 Å². The van der Waals surface area contributed by atoms with E-state index in [1.807, 2.05) is 33.5 Å². The first kappa shape index (κ1) is 16.7. The third-order valence-corrected chi connectivity index (χ3v) is 5.75. The summed E-state index contributed by atoms with van der Waals surface area (Å²) in [6.07, 6.45) is 1.45. The Morgan fingerprint density at radius 3 is 2.56 bits per heavy atom. The molecule has 3 aromatic rings. The number of benzene rings is 1. The van der Waals surface area contributed by atoms with Crippen LogP contribution in [0.2, 0.25) is 0 Å². The predicted octanol–water partition coefficient (Wildman–Crippen LogP) is 3.55. The molecule has 5 nitrogen and oxygen atoms in total. The predicted molar refractivity (Wildman–Crippen MR) is 103 cm³/mol. The Kier molecular flexibility index (Phi) is 4.80. The van der Waals surface area contributed by atoms with Crippen LogP contribution in [0.25, 0.3) is 16.4 Å². The van der Waals surface area contributed by atoms with E-state index < -0.39 is 0 Å². The molecule has 1 N–H and O–H groups in total. The zero-order valence-electron chi connectivity index (χ0n) is 13.8. The smallest absolute Gasteiger partial charge is 0.204 e. The Morgan fingerprint density at radius 2 is 1.88 bits per heavy atom. The summed E-state index contributed by atoms with van der Waals surface area (Å²) < 4.78 is 4.63. The van der Waals surface area contributed by atoms with Gasteiger partial charge in [-0.25, -0.2) is 4.68 Å². The van der Waals surface area contributed by atoms with E-state index in [9.17, 15) is 5.11 Å². The van der Waals surface area contributed by atoms with Crippen molar-refractivity contribution in [2.24, 2.45) is 0 Å². The highest BCUT2D eigenvalue weighted by Gasteiger charge is 2.20. The molecular weight excluding hydrogens is 352 g/mol. The van der Waals surface area contributed by atoms with Crippen LogP contribution in [-0.2, 0) is 6.67 Å². The lowest BCUT2D eigenvalue weighted by molar-refractivity contribution is 0.0651. The highest BCUT2D eigenvalue weighted by molar-refractivity contribution is 7.71. The van der Waals surface area contributed by atoms with Gasteiger partial charge < -0.3 is 5.11 Å². The van der Waals surface area contributed by atoms with Crippen LogP contribution in [-0.4, -0.2) is 43.5 Å². The summed E-state index contributed by atoms with van der Waals surface area (Å²) in [5, 5.41) is 16.6. The fourth-order valence-corrected chi connectivity index (χ4v) is 4.11. The van der Waals surface area contributed by atoms with Crippen LogP contribution in [0.1, 0.15) is 12.8 Å². The molecule has 0 radical (unpaired) electrons. The Morgan fingerprint density at radius 1 is 1.12 bits per heavy atom. The maximum absolute atomic E-state index is 9.70. The zero-order valence-corrected chi connectivity index (χ0v) is 15.4. The topological polar surface area (TPSA) is 46.2 Å². The van der Waals surface area contributed by atoms with E-state index in [2.05, 4.69) is 28.5 Å². The van der Waals surface area contributed by atoms with E-state index in [0.29, 0.717) is 11.4 Å². The van der Waals surface area contributed by atoms with Crippen LogP contribution in [0.5, 0.6) is 0 Å². The number of rotatable bonds is 4. The van der Waals surface area contributed by atoms with Crippen molar-refractivity contribution in [3.8, 4) is 16.4 Å². The summed E-state index contributed by atoms with van der Waals surface area (Å²) in [5.74, 6) is 0.878. The van der Waals surface area contributed by atoms with Gasteiger partial charge in [0, 0.05) is 18.8 Å². The van der Waals surface area contributed by atoms with Crippen molar-refractivity contribution in [3.63, 3.8) is 0 Å². The summed E-state index contributed by atoms with van der Waals surface area (Å²) in [6.45, 7) is 2.40. The molecular formula is C18H20N4OS2. The molecule has 2 aromatic heterocycles. The number of aromatic nitrogens is 3. The van der Waals surface area contributed by atoms with Crippen LogP contribution < -0.4 is 0 Å². The van der Waals surface area contributed by atoms with Crippen LogP contribution in [0.15, 0.2) is 47.8 Å². The normalized spacial score (nSPS) is 16.4. The molecule has 0 amide bonds. The molecule has 0 atom stereocenters. The first-order valence-corrected chi connectivity index (χ1v) is 9.71. The number of aliphatic hydroxyl groups is 1. The van der Waals surface area contributed by atoms with E-state index in [1.165, 1.54) is 0 Å². The minimum absolute atomic E-state index is 0.173. The summed E-state index contributed by atoms with van der Waals surface area (Å²) in [7, 11) is 0. The fourth-order valence-electron chi connectivity index (χ4n) is 3.13. The van der Waals surface area contributed by atoms with Crippen molar-refractivity contribution in [2.45, 2.75) is 25.6 Å². The molecule has 0 bridgehead atoms. The maximum Gasteiger partial charge on any atom is 0.204 e. The largest absolute Gasteiger partial charge is 0.393 e. The van der Waals surface area contributed by atoms with Gasteiger partial charge in [-0.15, -0.1) is 16.4 Å². The Balaban J connectivity index is 1.73. The van der Waals surface area contributed by atoms with Gasteiger partial charge in [0.2, 0.25) is 4.77 Å². The lowest BCUT2D eigenvalue weighted by Gasteiger charge is -2.28. The number of nitrogens with zero attached hydrogens (tertiary/aromatic N) is 4. The highest BCUT2D eigenvalue weighted by atomic mass is 32.1. The quantitative estimate of drug-likeness (QED) is 0.712. The molecule has 3 heterocycles. The highest BCUT2D eigenvalue weighted by Crippen LogP contribution is 2.26. The van der Waals surface area contributed by atoms with E-state index in [0.717, 1.165) is 42.3 Å². The lowest BCUT2D eigenvalue weighted by Crippen LogP contribution is -2.37. The number of hydrogen-bond donors (Lipinski definition) is 1. The van der Waals surface area contributed by atoms with Crippen molar-refractivity contribution in [3.05, 3.63) is 52.6 Å². The average Bonchev–Trinajstić information content (AvgIpc) is 3.26. The van der Waals surface area contributed by atoms with Crippen molar-refractivity contribution < 1.29 is 5.11 Å². The molecule has 7 heteroatoms. The summed E-state index contributed by atoms with van der Waals surface area (Å²) in [6, 6.07) is 14.2. The Hall–Kier alpha value is -1.80. The second-order valence-electron chi connectivity index (χ2n) is 6.24. The zero-order chi connectivity index (χ0) is 17.2. The minimum Gasteiger partial charge on any atom is -0.393 e. The number of aliphatic hydroxyl groups excluding tert-OH is 1. The molecule has 0 saturated carbocycles. The van der Waals surface area contributed by atoms with Crippen molar-refractivity contribution in [2.75, 3.05) is 13.1 Å². The standard InChI is InChI=1S/C18H20N4OS2/c23-15-8-10-20(11-9-15)13-21-18(24)22(14-5-2-1-3-6-14)17(19-21)16-7-4-12-25-16/h1-7,12,15,23H,8-11,13H2. The summed E-state index contributed by atoms with van der Waals surface area (Å²) in [5.41, 5.74) is 1.02. The Bertz CT molecular complexity index is 878. The summed E-state index contributed by atoms with van der Waals surface area (Å²) >= 11 is 7.42. The number of para-hydroxylation sites is 1. The van der Waals surface area contributed by atoms with E-state index in [1.54, 1.807) is 11.3 Å². The SMILES string of the molecule is OC1CCN(Cn2nc(-c3cccs3)n(-c3ccccc3)c2=S)CC1. The van der Waals surface area contributed by atoms with Crippen LogP contribution in [0, 0.1) is 4.77 Å². The van der Waals surface area contributed by atoms with Crippen molar-refractivity contribution >= 4 is 23.6 Å². The van der Waals surface area contributed by atoms with Gasteiger partial charge in [-0.2, -0.15) is 0 Å². The molecule has 1 fully saturated rings. The number of hydrogen-bond acceptors (Lipinski definition) is 5. The lowest BCUT2D eigenvalue weighted by atomic mass is 10.1. The van der Waals surface area contributed by atoms with Gasteiger partial charge in [0.25, 0.3) is 0 Å². The molecule has 0 spiro atoms. The first-order valence-electron chi connectivity index (χ1n) is 8.42. The van der Waals surface area contributed by atoms with Gasteiger partial charge >= 0.3 is 0 Å². The van der Waals surface area contributed by atoms with Crippen molar-refractivity contribution in [1.29, 1.82) is 0 Å². The van der Waals surface area contributed by atoms with Gasteiger partial charge in [-0.05, 0) is 48.6 Å². The molecule has 130 valence electrons. The van der Waals surface area contributed by atoms with Gasteiger partial charge in [-0.1, -0.05) is 24.3 Å². The molecule has 1 aliphatic heterocycles. The minimum atomic E-state index is -0.173. The average molecular weight is 373 g/mol. The molecule has 0 aliphatic carbocycles. The first-order chi connectivity index (χ1) is 12.2. The van der Waals surface area contributed by atoms with E-state index >= 15 is 0 Å². The van der Waals surface area contributed by atoms with Crippen LogP contribution in [0.3, 0.4) is 0 Å². The van der Waals surface area contributed by atoms with Crippen LogP contribution in [0.4, 0.5) is 0 Å². The number of piperidine rings is 1.